The number of nitrogens with zero attached hydrogens (tertiary/aromatic N) is 1. The van der Waals surface area contributed by atoms with Crippen LogP contribution in [0.2, 0.25) is 0 Å². The molecule has 0 fully saturated rings. The normalized spacial score (nSPS) is 13.8. The molecule has 0 aliphatic rings. The van der Waals surface area contributed by atoms with Gasteiger partial charge >= 0.3 is 5.97 Å². The highest BCUT2D eigenvalue weighted by molar-refractivity contribution is 7.09. The second kappa shape index (κ2) is 6.68. The zero-order chi connectivity index (χ0) is 14.5. The van der Waals surface area contributed by atoms with E-state index in [2.05, 4.69) is 5.32 Å². The van der Waals surface area contributed by atoms with E-state index in [1.54, 1.807) is 37.1 Å². The van der Waals surface area contributed by atoms with Crippen molar-refractivity contribution in [2.24, 2.45) is 0 Å². The predicted molar refractivity (Wildman–Crippen MR) is 75.1 cm³/mol. The fourth-order valence-electron chi connectivity index (χ4n) is 1.48. The molecule has 0 saturated carbocycles. The van der Waals surface area contributed by atoms with E-state index in [1.807, 2.05) is 17.5 Å². The first kappa shape index (κ1) is 15.7. The van der Waals surface area contributed by atoms with E-state index in [0.717, 1.165) is 4.88 Å². The van der Waals surface area contributed by atoms with Crippen LogP contribution in [0.1, 0.15) is 25.1 Å². The molecule has 1 aromatic rings. The highest BCUT2D eigenvalue weighted by Gasteiger charge is 2.31. The lowest BCUT2D eigenvalue weighted by molar-refractivity contribution is -0.144. The Morgan fingerprint density at radius 1 is 1.53 bits per heavy atom. The number of hydrogen-bond acceptors (Lipinski definition) is 4. The molecule has 5 nitrogen and oxygen atoms in total. The zero-order valence-electron chi connectivity index (χ0n) is 11.5. The lowest BCUT2D eigenvalue weighted by atomic mass is 9.99. The Kier molecular flexibility index (Phi) is 5.50. The number of nitrogens with one attached hydrogen (secondary N) is 1. The van der Waals surface area contributed by atoms with E-state index >= 15 is 0 Å². The van der Waals surface area contributed by atoms with Crippen LogP contribution in [-0.4, -0.2) is 41.0 Å². The van der Waals surface area contributed by atoms with E-state index in [1.165, 1.54) is 0 Å². The van der Waals surface area contributed by atoms with Gasteiger partial charge in [-0.1, -0.05) is 13.0 Å². The molecule has 6 heteroatoms. The summed E-state index contributed by atoms with van der Waals surface area (Å²) in [5.74, 6) is -1.06. The minimum Gasteiger partial charge on any atom is -0.480 e. The van der Waals surface area contributed by atoms with Crippen LogP contribution in [0.15, 0.2) is 17.5 Å². The molecular formula is C13H20N2O3S. The third kappa shape index (κ3) is 4.33. The summed E-state index contributed by atoms with van der Waals surface area (Å²) >= 11 is 1.59. The standard InChI is InChI=1S/C13H20N2O3S/c1-4-13(2,12(17)18)14-8-11(16)15(3)9-10-6-5-7-19-10/h5-7,14H,4,8-9H2,1-3H3,(H,17,18). The second-order valence-electron chi connectivity index (χ2n) is 4.67. The summed E-state index contributed by atoms with van der Waals surface area (Å²) in [4.78, 5) is 25.7. The lowest BCUT2D eigenvalue weighted by Crippen LogP contribution is -2.52. The topological polar surface area (TPSA) is 69.6 Å². The average molecular weight is 284 g/mol. The molecule has 106 valence electrons. The quantitative estimate of drug-likeness (QED) is 0.797. The fraction of sp³-hybridized carbons (Fsp3) is 0.538. The SMILES string of the molecule is CCC(C)(NCC(=O)N(C)Cc1cccs1)C(=O)O. The van der Waals surface area contributed by atoms with Crippen LogP contribution in [0.5, 0.6) is 0 Å². The van der Waals surface area contributed by atoms with Gasteiger partial charge in [0.05, 0.1) is 13.1 Å². The first-order valence-electron chi connectivity index (χ1n) is 6.14. The molecule has 19 heavy (non-hydrogen) atoms. The van der Waals surface area contributed by atoms with Crippen molar-refractivity contribution in [3.05, 3.63) is 22.4 Å². The van der Waals surface area contributed by atoms with Crippen LogP contribution in [0.4, 0.5) is 0 Å². The Bertz CT molecular complexity index is 433. The smallest absolute Gasteiger partial charge is 0.323 e. The molecule has 2 N–H and O–H groups in total. The number of thiophene rings is 1. The van der Waals surface area contributed by atoms with Gasteiger partial charge in [0.1, 0.15) is 5.54 Å². The van der Waals surface area contributed by atoms with E-state index < -0.39 is 11.5 Å². The van der Waals surface area contributed by atoms with Crippen LogP contribution in [0.25, 0.3) is 0 Å². The fourth-order valence-corrected chi connectivity index (χ4v) is 2.24. The molecule has 1 heterocycles. The molecule has 0 aliphatic heterocycles. The lowest BCUT2D eigenvalue weighted by Gasteiger charge is -2.26. The molecule has 0 bridgehead atoms. The second-order valence-corrected chi connectivity index (χ2v) is 5.71. The minimum atomic E-state index is -1.06. The number of likely N-dealkylation sites (N-methyl/N-ethyl adjacent to an activating group) is 1. The number of carbonyl (C=O) groups is 2. The van der Waals surface area contributed by atoms with E-state index in [9.17, 15) is 9.59 Å². The van der Waals surface area contributed by atoms with Crippen LogP contribution < -0.4 is 5.32 Å². The van der Waals surface area contributed by atoms with Gasteiger partial charge in [-0.3, -0.25) is 14.9 Å². The molecule has 0 saturated heterocycles. The summed E-state index contributed by atoms with van der Waals surface area (Å²) in [5.41, 5.74) is -1.06. The highest BCUT2D eigenvalue weighted by Crippen LogP contribution is 2.12. The zero-order valence-corrected chi connectivity index (χ0v) is 12.3. The maximum atomic E-state index is 11.9. The largest absolute Gasteiger partial charge is 0.480 e. The molecule has 0 spiro atoms. The van der Waals surface area contributed by atoms with Crippen molar-refractivity contribution in [3.8, 4) is 0 Å². The van der Waals surface area contributed by atoms with Gasteiger partial charge in [0.25, 0.3) is 0 Å². The molecule has 1 atom stereocenters. The van der Waals surface area contributed by atoms with Crippen LogP contribution in [0.3, 0.4) is 0 Å². The Labute approximate surface area is 117 Å². The van der Waals surface area contributed by atoms with Gasteiger partial charge in [0.15, 0.2) is 0 Å². The van der Waals surface area contributed by atoms with Crippen molar-refractivity contribution in [1.82, 2.24) is 10.2 Å². The monoisotopic (exact) mass is 284 g/mol. The summed E-state index contributed by atoms with van der Waals surface area (Å²) < 4.78 is 0. The number of carboxylic acids is 1. The van der Waals surface area contributed by atoms with Gasteiger partial charge < -0.3 is 10.0 Å². The molecular weight excluding hydrogens is 264 g/mol. The summed E-state index contributed by atoms with van der Waals surface area (Å²) in [6.07, 6.45) is 0.421. The molecule has 1 unspecified atom stereocenters. The predicted octanol–water partition coefficient (Wildman–Crippen LogP) is 1.55. The maximum Gasteiger partial charge on any atom is 0.323 e. The van der Waals surface area contributed by atoms with Gasteiger partial charge in [0.2, 0.25) is 5.91 Å². The van der Waals surface area contributed by atoms with E-state index in [0.29, 0.717) is 13.0 Å². The van der Waals surface area contributed by atoms with Gasteiger partial charge in [-0.2, -0.15) is 0 Å². The van der Waals surface area contributed by atoms with Crippen LogP contribution >= 0.6 is 11.3 Å². The van der Waals surface area contributed by atoms with Gasteiger partial charge in [-0.25, -0.2) is 0 Å². The Balaban J connectivity index is 2.48. The first-order valence-corrected chi connectivity index (χ1v) is 7.02. The number of aliphatic carboxylic acids is 1. The summed E-state index contributed by atoms with van der Waals surface area (Å²) in [6, 6.07) is 3.91. The van der Waals surface area contributed by atoms with Crippen LogP contribution in [0, 0.1) is 0 Å². The minimum absolute atomic E-state index is 0.0263. The number of hydrogen-bond donors (Lipinski definition) is 2. The number of rotatable bonds is 7. The Morgan fingerprint density at radius 2 is 2.21 bits per heavy atom. The highest BCUT2D eigenvalue weighted by atomic mass is 32.1. The number of carbonyl (C=O) groups excluding carboxylic acids is 1. The average Bonchev–Trinajstić information content (AvgIpc) is 2.87. The van der Waals surface area contributed by atoms with Crippen molar-refractivity contribution in [2.45, 2.75) is 32.4 Å². The number of carboxylic acid groups (broad SMARTS) is 1. The van der Waals surface area contributed by atoms with Crippen molar-refractivity contribution < 1.29 is 14.7 Å². The van der Waals surface area contributed by atoms with Crippen molar-refractivity contribution >= 4 is 23.2 Å². The number of amides is 1. The van der Waals surface area contributed by atoms with Crippen molar-refractivity contribution in [3.63, 3.8) is 0 Å². The van der Waals surface area contributed by atoms with Crippen molar-refractivity contribution in [2.75, 3.05) is 13.6 Å². The molecule has 1 amide bonds. The van der Waals surface area contributed by atoms with Gasteiger partial charge in [-0.05, 0) is 24.8 Å². The van der Waals surface area contributed by atoms with Gasteiger partial charge in [0, 0.05) is 11.9 Å². The van der Waals surface area contributed by atoms with Gasteiger partial charge in [-0.15, -0.1) is 11.3 Å². The first-order chi connectivity index (χ1) is 8.89. The Hall–Kier alpha value is -1.40. The van der Waals surface area contributed by atoms with Crippen LogP contribution in [-0.2, 0) is 16.1 Å². The Morgan fingerprint density at radius 3 is 2.68 bits per heavy atom. The summed E-state index contributed by atoms with van der Waals surface area (Å²) in [5, 5.41) is 13.9. The summed E-state index contributed by atoms with van der Waals surface area (Å²) in [6.45, 7) is 3.94. The van der Waals surface area contributed by atoms with Crippen molar-refractivity contribution in [1.29, 1.82) is 0 Å². The third-order valence-corrected chi connectivity index (χ3v) is 4.07. The molecule has 0 radical (unpaired) electrons. The third-order valence-electron chi connectivity index (χ3n) is 3.21. The molecule has 1 aromatic heterocycles. The van der Waals surface area contributed by atoms with E-state index in [4.69, 9.17) is 5.11 Å². The summed E-state index contributed by atoms with van der Waals surface area (Å²) in [7, 11) is 1.72. The molecule has 1 rings (SSSR count). The molecule has 0 aliphatic carbocycles. The maximum absolute atomic E-state index is 11.9. The van der Waals surface area contributed by atoms with E-state index in [-0.39, 0.29) is 12.5 Å². The molecule has 0 aromatic carbocycles.